The molecule has 0 bridgehead atoms. The number of carboxylic acids is 1. The van der Waals surface area contributed by atoms with Gasteiger partial charge in [-0.2, -0.15) is 0 Å². The fourth-order valence-electron chi connectivity index (χ4n) is 3.71. The van der Waals surface area contributed by atoms with Crippen LogP contribution in [0.25, 0.3) is 0 Å². The smallest absolute Gasteiger partial charge is 0.312 e. The Kier molecular flexibility index (Phi) is 10.9. The van der Waals surface area contributed by atoms with E-state index in [2.05, 4.69) is 0 Å². The monoisotopic (exact) mass is 388 g/mol. The fraction of sp³-hybridized carbons (Fsp3) is 0.900. The van der Waals surface area contributed by atoms with Gasteiger partial charge in [0.15, 0.2) is 0 Å². The fourth-order valence-corrected chi connectivity index (χ4v) is 3.71. The van der Waals surface area contributed by atoms with Crippen molar-refractivity contribution in [3.05, 3.63) is 0 Å². The van der Waals surface area contributed by atoms with Gasteiger partial charge in [-0.3, -0.25) is 9.59 Å². The molecule has 1 unspecified atom stereocenters. The molecule has 0 aromatic rings. The lowest BCUT2D eigenvalue weighted by molar-refractivity contribution is -0.165. The number of ether oxygens (including phenoxy) is 2. The van der Waals surface area contributed by atoms with Crippen molar-refractivity contribution in [3.63, 3.8) is 0 Å². The van der Waals surface area contributed by atoms with E-state index in [1.165, 1.54) is 0 Å². The van der Waals surface area contributed by atoms with Crippen LogP contribution in [0, 0.1) is 10.8 Å². The van der Waals surface area contributed by atoms with Gasteiger partial charge in [0.25, 0.3) is 0 Å². The molecule has 3 N–H and O–H groups in total. The van der Waals surface area contributed by atoms with Gasteiger partial charge in [0.1, 0.15) is 6.61 Å². The molecular weight excluding hydrogens is 352 g/mol. The minimum Gasteiger partial charge on any atom is -0.481 e. The zero-order chi connectivity index (χ0) is 20.2. The van der Waals surface area contributed by atoms with E-state index in [0.717, 1.165) is 38.5 Å². The van der Waals surface area contributed by atoms with Crippen LogP contribution in [-0.4, -0.2) is 60.3 Å². The summed E-state index contributed by atoms with van der Waals surface area (Å²) in [6, 6.07) is 0. The van der Waals surface area contributed by atoms with Crippen molar-refractivity contribution in [2.45, 2.75) is 71.1 Å². The first kappa shape index (κ1) is 23.9. The molecular formula is C20H36O7. The van der Waals surface area contributed by atoms with E-state index >= 15 is 0 Å². The molecule has 0 aromatic carbocycles. The van der Waals surface area contributed by atoms with Gasteiger partial charge in [0.05, 0.1) is 37.3 Å². The van der Waals surface area contributed by atoms with Gasteiger partial charge in [0, 0.05) is 6.42 Å². The molecule has 1 aliphatic rings. The van der Waals surface area contributed by atoms with Gasteiger partial charge < -0.3 is 24.8 Å². The zero-order valence-corrected chi connectivity index (χ0v) is 16.6. The Morgan fingerprint density at radius 2 is 1.74 bits per heavy atom. The van der Waals surface area contributed by atoms with Gasteiger partial charge >= 0.3 is 11.9 Å². The van der Waals surface area contributed by atoms with Gasteiger partial charge in [-0.25, -0.2) is 0 Å². The Morgan fingerprint density at radius 3 is 2.26 bits per heavy atom. The molecule has 1 saturated carbocycles. The van der Waals surface area contributed by atoms with E-state index < -0.39 is 16.8 Å². The molecule has 0 amide bonds. The molecule has 0 spiro atoms. The highest BCUT2D eigenvalue weighted by atomic mass is 16.5. The number of esters is 1. The Balaban J connectivity index is 2.76. The molecule has 7 heteroatoms. The Hall–Kier alpha value is -1.18. The number of aliphatic hydroxyl groups excluding tert-OH is 2. The number of carboxylic acid groups (broad SMARTS) is 1. The molecule has 1 rings (SSSR count). The van der Waals surface area contributed by atoms with Gasteiger partial charge in [-0.05, 0) is 32.1 Å². The summed E-state index contributed by atoms with van der Waals surface area (Å²) in [5.41, 5.74) is -1.30. The number of aliphatic hydroxyl groups is 2. The molecule has 27 heavy (non-hydrogen) atoms. The maximum atomic E-state index is 13.0. The van der Waals surface area contributed by atoms with Crippen LogP contribution in [-0.2, 0) is 19.1 Å². The third-order valence-corrected chi connectivity index (χ3v) is 5.78. The first-order valence-corrected chi connectivity index (χ1v) is 10.1. The maximum Gasteiger partial charge on any atom is 0.312 e. The van der Waals surface area contributed by atoms with Crippen LogP contribution in [0.1, 0.15) is 71.1 Å². The van der Waals surface area contributed by atoms with E-state index in [1.54, 1.807) is 0 Å². The summed E-state index contributed by atoms with van der Waals surface area (Å²) in [6.45, 7) is 2.08. The number of carbonyl (C=O) groups excluding carboxylic acids is 1. The van der Waals surface area contributed by atoms with Gasteiger partial charge in [0.2, 0.25) is 0 Å². The van der Waals surface area contributed by atoms with E-state index in [1.807, 2.05) is 6.92 Å². The summed E-state index contributed by atoms with van der Waals surface area (Å²) in [6.07, 6.45) is 7.13. The molecule has 158 valence electrons. The van der Waals surface area contributed by atoms with Crippen LogP contribution in [0.3, 0.4) is 0 Å². The number of carbonyl (C=O) groups is 2. The summed E-state index contributed by atoms with van der Waals surface area (Å²) in [5, 5.41) is 27.6. The Bertz CT molecular complexity index is 438. The summed E-state index contributed by atoms with van der Waals surface area (Å²) in [7, 11) is 0. The lowest BCUT2D eigenvalue weighted by Gasteiger charge is -2.34. The predicted octanol–water partition coefficient (Wildman–Crippen LogP) is 2.52. The topological polar surface area (TPSA) is 113 Å². The molecule has 1 fully saturated rings. The summed E-state index contributed by atoms with van der Waals surface area (Å²) < 4.78 is 11.1. The standard InChI is InChI=1S/C20H36O7/c1-2-19(14-22,15-26-13-12-21)16-27-18(25)20(11-7-8-17(23)24)9-5-3-4-6-10-20/h21-22H,2-16H2,1H3,(H,23,24). The minimum atomic E-state index is -0.849. The predicted molar refractivity (Wildman–Crippen MR) is 100 cm³/mol. The lowest BCUT2D eigenvalue weighted by atomic mass is 9.76. The Morgan fingerprint density at radius 1 is 1.07 bits per heavy atom. The second kappa shape index (κ2) is 12.3. The minimum absolute atomic E-state index is 0.0551. The zero-order valence-electron chi connectivity index (χ0n) is 16.6. The molecule has 0 heterocycles. The number of aliphatic carboxylic acids is 1. The van der Waals surface area contributed by atoms with Crippen LogP contribution >= 0.6 is 0 Å². The van der Waals surface area contributed by atoms with E-state index in [-0.39, 0.29) is 45.4 Å². The number of rotatable bonds is 13. The van der Waals surface area contributed by atoms with Crippen LogP contribution < -0.4 is 0 Å². The third kappa shape index (κ3) is 7.76. The highest BCUT2D eigenvalue weighted by Crippen LogP contribution is 2.41. The normalized spacial score (nSPS) is 19.1. The van der Waals surface area contributed by atoms with Crippen molar-refractivity contribution >= 4 is 11.9 Å². The summed E-state index contributed by atoms with van der Waals surface area (Å²) in [5.74, 6) is -1.12. The third-order valence-electron chi connectivity index (χ3n) is 5.78. The average Bonchev–Trinajstić information content (AvgIpc) is 2.91. The highest BCUT2D eigenvalue weighted by Gasteiger charge is 2.41. The lowest BCUT2D eigenvalue weighted by Crippen LogP contribution is -2.40. The first-order valence-electron chi connectivity index (χ1n) is 10.1. The number of hydrogen-bond acceptors (Lipinski definition) is 6. The van der Waals surface area contributed by atoms with Crippen molar-refractivity contribution in [1.29, 1.82) is 0 Å². The second-order valence-electron chi connectivity index (χ2n) is 7.81. The van der Waals surface area contributed by atoms with Crippen LogP contribution in [0.15, 0.2) is 0 Å². The second-order valence-corrected chi connectivity index (χ2v) is 7.81. The highest BCUT2D eigenvalue weighted by molar-refractivity contribution is 5.77. The van der Waals surface area contributed by atoms with Crippen molar-refractivity contribution in [2.24, 2.45) is 10.8 Å². The first-order chi connectivity index (χ1) is 12.9. The van der Waals surface area contributed by atoms with E-state index in [0.29, 0.717) is 19.3 Å². The molecule has 0 aromatic heterocycles. The molecule has 0 radical (unpaired) electrons. The van der Waals surface area contributed by atoms with E-state index in [4.69, 9.17) is 19.7 Å². The summed E-state index contributed by atoms with van der Waals surface area (Å²) in [4.78, 5) is 23.9. The van der Waals surface area contributed by atoms with Gasteiger partial charge in [-0.15, -0.1) is 0 Å². The maximum absolute atomic E-state index is 13.0. The molecule has 1 aliphatic carbocycles. The van der Waals surface area contributed by atoms with Crippen LogP contribution in [0.2, 0.25) is 0 Å². The quantitative estimate of drug-likeness (QED) is 0.252. The van der Waals surface area contributed by atoms with Gasteiger partial charge in [-0.1, -0.05) is 32.6 Å². The molecule has 7 nitrogen and oxygen atoms in total. The molecule has 1 atom stereocenters. The SMILES string of the molecule is CCC(CO)(COCCO)COC(=O)C1(CCCC(=O)O)CCCCCC1. The summed E-state index contributed by atoms with van der Waals surface area (Å²) >= 11 is 0. The van der Waals surface area contributed by atoms with Crippen molar-refractivity contribution in [3.8, 4) is 0 Å². The van der Waals surface area contributed by atoms with Crippen molar-refractivity contribution in [1.82, 2.24) is 0 Å². The average molecular weight is 389 g/mol. The Labute approximate surface area is 162 Å². The van der Waals surface area contributed by atoms with Crippen molar-refractivity contribution < 1.29 is 34.4 Å². The van der Waals surface area contributed by atoms with Crippen LogP contribution in [0.5, 0.6) is 0 Å². The van der Waals surface area contributed by atoms with E-state index in [9.17, 15) is 14.7 Å². The largest absolute Gasteiger partial charge is 0.481 e. The number of hydrogen-bond donors (Lipinski definition) is 3. The molecule has 0 saturated heterocycles. The molecule has 0 aliphatic heterocycles. The van der Waals surface area contributed by atoms with Crippen molar-refractivity contribution in [2.75, 3.05) is 33.0 Å². The van der Waals surface area contributed by atoms with Crippen LogP contribution in [0.4, 0.5) is 0 Å².